The normalized spacial score (nSPS) is 10.9. The zero-order valence-corrected chi connectivity index (χ0v) is 12.6. The lowest BCUT2D eigenvalue weighted by Gasteiger charge is -2.09. The van der Waals surface area contributed by atoms with Crippen LogP contribution in [-0.2, 0) is 11.3 Å². The number of nitrogens with zero attached hydrogens (tertiary/aromatic N) is 7. The van der Waals surface area contributed by atoms with Crippen molar-refractivity contribution in [2.75, 3.05) is 19.4 Å². The van der Waals surface area contributed by atoms with Crippen molar-refractivity contribution < 1.29 is 4.79 Å². The second-order valence-corrected chi connectivity index (χ2v) is 5.09. The maximum absolute atomic E-state index is 11.7. The van der Waals surface area contributed by atoms with Gasteiger partial charge in [0.05, 0.1) is 11.9 Å². The van der Waals surface area contributed by atoms with Gasteiger partial charge in [-0.1, -0.05) is 0 Å². The van der Waals surface area contributed by atoms with Crippen molar-refractivity contribution in [1.29, 1.82) is 0 Å². The van der Waals surface area contributed by atoms with Crippen LogP contribution in [-0.4, -0.2) is 54.3 Å². The maximum Gasteiger partial charge on any atom is 0.254 e. The van der Waals surface area contributed by atoms with Gasteiger partial charge in [-0.3, -0.25) is 9.48 Å². The summed E-state index contributed by atoms with van der Waals surface area (Å²) in [5.41, 5.74) is 1.59. The lowest BCUT2D eigenvalue weighted by Crippen LogP contribution is -2.26. The third kappa shape index (κ3) is 2.73. The van der Waals surface area contributed by atoms with Crippen molar-refractivity contribution in [2.45, 2.75) is 13.5 Å². The van der Waals surface area contributed by atoms with Gasteiger partial charge in [0.1, 0.15) is 18.7 Å². The Balaban J connectivity index is 1.82. The molecule has 9 nitrogen and oxygen atoms in total. The Labute approximate surface area is 126 Å². The quantitative estimate of drug-likeness (QED) is 0.752. The molecule has 3 heterocycles. The van der Waals surface area contributed by atoms with Crippen molar-refractivity contribution >= 4 is 23.2 Å². The summed E-state index contributed by atoms with van der Waals surface area (Å²) in [6.45, 7) is 2.09. The molecule has 9 heteroatoms. The highest BCUT2D eigenvalue weighted by atomic mass is 16.2. The van der Waals surface area contributed by atoms with E-state index >= 15 is 0 Å². The SMILES string of the molecule is Cc1cc(Nc2cnn(CC(=O)N(C)C)c2)n2ncnc2n1. The van der Waals surface area contributed by atoms with Crippen LogP contribution < -0.4 is 5.32 Å². The number of anilines is 2. The summed E-state index contributed by atoms with van der Waals surface area (Å²) in [5.74, 6) is 1.24. The smallest absolute Gasteiger partial charge is 0.254 e. The fourth-order valence-electron chi connectivity index (χ4n) is 1.96. The first-order chi connectivity index (χ1) is 10.5. The number of rotatable bonds is 4. The molecule has 0 aromatic carbocycles. The first-order valence-corrected chi connectivity index (χ1v) is 6.70. The van der Waals surface area contributed by atoms with Crippen LogP contribution in [0.1, 0.15) is 5.69 Å². The van der Waals surface area contributed by atoms with Crippen LogP contribution in [0.5, 0.6) is 0 Å². The molecule has 3 aromatic rings. The summed E-state index contributed by atoms with van der Waals surface area (Å²) in [6, 6.07) is 1.87. The molecule has 0 unspecified atom stereocenters. The molecular formula is C13H16N8O. The highest BCUT2D eigenvalue weighted by molar-refractivity contribution is 5.75. The zero-order valence-electron chi connectivity index (χ0n) is 12.6. The standard InChI is InChI=1S/C13H16N8O/c1-9-4-11(21-13(17-9)14-8-16-21)18-10-5-15-20(6-10)7-12(22)19(2)3/h4-6,8,18H,7H2,1-3H3. The Morgan fingerprint density at radius 1 is 1.36 bits per heavy atom. The van der Waals surface area contributed by atoms with E-state index in [0.717, 1.165) is 17.2 Å². The molecule has 0 aliphatic carbocycles. The van der Waals surface area contributed by atoms with Gasteiger partial charge in [0.15, 0.2) is 0 Å². The summed E-state index contributed by atoms with van der Waals surface area (Å²) in [6.07, 6.45) is 4.87. The van der Waals surface area contributed by atoms with E-state index in [4.69, 9.17) is 0 Å². The van der Waals surface area contributed by atoms with Crippen LogP contribution >= 0.6 is 0 Å². The molecule has 0 spiro atoms. The molecule has 3 rings (SSSR count). The number of hydrogen-bond acceptors (Lipinski definition) is 6. The van der Waals surface area contributed by atoms with E-state index in [2.05, 4.69) is 25.5 Å². The van der Waals surface area contributed by atoms with E-state index in [1.165, 1.54) is 11.2 Å². The molecule has 0 atom stereocenters. The molecule has 114 valence electrons. The second-order valence-electron chi connectivity index (χ2n) is 5.09. The molecule has 0 saturated carbocycles. The maximum atomic E-state index is 11.7. The van der Waals surface area contributed by atoms with Crippen LogP contribution in [0, 0.1) is 6.92 Å². The van der Waals surface area contributed by atoms with E-state index in [0.29, 0.717) is 5.78 Å². The van der Waals surface area contributed by atoms with Gasteiger partial charge in [-0.25, -0.2) is 4.98 Å². The zero-order chi connectivity index (χ0) is 15.7. The fraction of sp³-hybridized carbons (Fsp3) is 0.308. The fourth-order valence-corrected chi connectivity index (χ4v) is 1.96. The van der Waals surface area contributed by atoms with Crippen LogP contribution in [0.4, 0.5) is 11.5 Å². The molecule has 22 heavy (non-hydrogen) atoms. The molecule has 3 aromatic heterocycles. The average Bonchev–Trinajstić information content (AvgIpc) is 3.07. The van der Waals surface area contributed by atoms with Gasteiger partial charge in [-0.05, 0) is 6.92 Å². The molecule has 0 aliphatic rings. The van der Waals surface area contributed by atoms with Crippen molar-refractivity contribution in [3.8, 4) is 0 Å². The minimum atomic E-state index is -0.0203. The third-order valence-corrected chi connectivity index (χ3v) is 3.08. The average molecular weight is 300 g/mol. The summed E-state index contributed by atoms with van der Waals surface area (Å²) >= 11 is 0. The molecule has 1 amide bonds. The van der Waals surface area contributed by atoms with Crippen LogP contribution in [0.2, 0.25) is 0 Å². The van der Waals surface area contributed by atoms with Gasteiger partial charge in [-0.2, -0.15) is 19.7 Å². The number of carbonyl (C=O) groups excluding carboxylic acids is 1. The molecule has 1 N–H and O–H groups in total. The van der Waals surface area contributed by atoms with E-state index in [1.54, 1.807) is 35.7 Å². The number of carbonyl (C=O) groups is 1. The monoisotopic (exact) mass is 300 g/mol. The van der Waals surface area contributed by atoms with E-state index < -0.39 is 0 Å². The van der Waals surface area contributed by atoms with Crippen LogP contribution in [0.15, 0.2) is 24.8 Å². The summed E-state index contributed by atoms with van der Waals surface area (Å²) < 4.78 is 3.19. The van der Waals surface area contributed by atoms with Crippen LogP contribution in [0.25, 0.3) is 5.78 Å². The first-order valence-electron chi connectivity index (χ1n) is 6.70. The Kier molecular flexibility index (Phi) is 3.45. The first kappa shape index (κ1) is 14.0. The summed E-state index contributed by atoms with van der Waals surface area (Å²) in [4.78, 5) is 21.6. The number of fused-ring (bicyclic) bond motifs is 1. The predicted molar refractivity (Wildman–Crippen MR) is 79.7 cm³/mol. The molecule has 0 aliphatic heterocycles. The minimum absolute atomic E-state index is 0.0203. The predicted octanol–water partition coefficient (Wildman–Crippen LogP) is 0.461. The number of nitrogens with one attached hydrogen (secondary N) is 1. The number of hydrogen-bond donors (Lipinski definition) is 1. The summed E-state index contributed by atoms with van der Waals surface area (Å²) in [7, 11) is 3.43. The Hall–Kier alpha value is -2.97. The molecule has 0 saturated heterocycles. The van der Waals surface area contributed by atoms with Gasteiger partial charge in [0.2, 0.25) is 5.91 Å². The van der Waals surface area contributed by atoms with Gasteiger partial charge >= 0.3 is 0 Å². The van der Waals surface area contributed by atoms with E-state index in [9.17, 15) is 4.79 Å². The lowest BCUT2D eigenvalue weighted by atomic mass is 10.4. The summed E-state index contributed by atoms with van der Waals surface area (Å²) in [5, 5.41) is 11.5. The largest absolute Gasteiger partial charge is 0.347 e. The molecular weight excluding hydrogens is 284 g/mol. The van der Waals surface area contributed by atoms with Gasteiger partial charge < -0.3 is 10.2 Å². The third-order valence-electron chi connectivity index (χ3n) is 3.08. The van der Waals surface area contributed by atoms with Crippen LogP contribution in [0.3, 0.4) is 0 Å². The highest BCUT2D eigenvalue weighted by Gasteiger charge is 2.09. The van der Waals surface area contributed by atoms with Crippen molar-refractivity contribution in [2.24, 2.45) is 0 Å². The minimum Gasteiger partial charge on any atom is -0.347 e. The number of likely N-dealkylation sites (N-methyl/N-ethyl adjacent to an activating group) is 1. The van der Waals surface area contributed by atoms with E-state index in [1.807, 2.05) is 13.0 Å². The number of aromatic nitrogens is 6. The molecule has 0 fully saturated rings. The van der Waals surface area contributed by atoms with E-state index in [-0.39, 0.29) is 12.5 Å². The highest BCUT2D eigenvalue weighted by Crippen LogP contribution is 2.16. The number of aryl methyl sites for hydroxylation is 1. The van der Waals surface area contributed by atoms with Crippen molar-refractivity contribution in [1.82, 2.24) is 34.3 Å². The van der Waals surface area contributed by atoms with Gasteiger partial charge in [0.25, 0.3) is 5.78 Å². The van der Waals surface area contributed by atoms with Gasteiger partial charge in [0, 0.05) is 32.1 Å². The Morgan fingerprint density at radius 3 is 2.95 bits per heavy atom. The molecule has 0 radical (unpaired) electrons. The topological polar surface area (TPSA) is 93.2 Å². The molecule has 0 bridgehead atoms. The Bertz CT molecular complexity index is 818. The lowest BCUT2D eigenvalue weighted by molar-refractivity contribution is -0.129. The Morgan fingerprint density at radius 2 is 2.18 bits per heavy atom. The second kappa shape index (κ2) is 5.43. The van der Waals surface area contributed by atoms with Crippen molar-refractivity contribution in [3.05, 3.63) is 30.5 Å². The number of amides is 1. The van der Waals surface area contributed by atoms with Gasteiger partial charge in [-0.15, -0.1) is 0 Å². The van der Waals surface area contributed by atoms with Crippen molar-refractivity contribution in [3.63, 3.8) is 0 Å².